The molecule has 3 nitrogen and oxygen atoms in total. The quantitative estimate of drug-likeness (QED) is 0.642. The fraction of sp³-hybridized carbons (Fsp3) is 0.500. The summed E-state index contributed by atoms with van der Waals surface area (Å²) in [7, 11) is 1.81. The third-order valence-corrected chi connectivity index (χ3v) is 3.48. The molecule has 0 fully saturated rings. The van der Waals surface area contributed by atoms with Crippen molar-refractivity contribution in [3.05, 3.63) is 29.3 Å². The maximum Gasteiger partial charge on any atom is 0.416 e. The molecule has 0 aliphatic heterocycles. The van der Waals surface area contributed by atoms with Gasteiger partial charge < -0.3 is 10.6 Å². The van der Waals surface area contributed by atoms with Crippen molar-refractivity contribution in [3.63, 3.8) is 0 Å². The lowest BCUT2D eigenvalue weighted by molar-refractivity contribution is -0.137. The van der Waals surface area contributed by atoms with E-state index in [0.29, 0.717) is 5.69 Å². The van der Waals surface area contributed by atoms with E-state index >= 15 is 0 Å². The van der Waals surface area contributed by atoms with Gasteiger partial charge in [-0.3, -0.25) is 5.41 Å². The van der Waals surface area contributed by atoms with Crippen LogP contribution in [0.2, 0.25) is 0 Å². The highest BCUT2D eigenvalue weighted by molar-refractivity contribution is 6.00. The zero-order chi connectivity index (χ0) is 15.5. The average molecular weight is 287 g/mol. The highest BCUT2D eigenvalue weighted by atomic mass is 19.4. The predicted molar refractivity (Wildman–Crippen MR) is 75.2 cm³/mol. The molecule has 0 aromatic heterocycles. The number of nitrogens with zero attached hydrogens (tertiary/aromatic N) is 1. The molecule has 0 aliphatic carbocycles. The van der Waals surface area contributed by atoms with Gasteiger partial charge in [-0.1, -0.05) is 13.8 Å². The largest absolute Gasteiger partial charge is 0.416 e. The van der Waals surface area contributed by atoms with E-state index in [1.54, 1.807) is 0 Å². The van der Waals surface area contributed by atoms with Crippen LogP contribution < -0.4 is 10.6 Å². The van der Waals surface area contributed by atoms with Crippen molar-refractivity contribution in [2.45, 2.75) is 38.9 Å². The number of benzene rings is 1. The van der Waals surface area contributed by atoms with E-state index in [0.717, 1.165) is 25.0 Å². The summed E-state index contributed by atoms with van der Waals surface area (Å²) in [5.74, 6) is -0.357. The number of nitrogens with two attached hydrogens (primary N) is 1. The molecule has 0 unspecified atom stereocenters. The maximum atomic E-state index is 12.7. The molecule has 0 atom stereocenters. The molecule has 0 aliphatic rings. The van der Waals surface area contributed by atoms with E-state index in [-0.39, 0.29) is 17.4 Å². The Hall–Kier alpha value is -1.72. The van der Waals surface area contributed by atoms with Crippen LogP contribution >= 0.6 is 0 Å². The fourth-order valence-corrected chi connectivity index (χ4v) is 2.27. The Morgan fingerprint density at radius 2 is 1.85 bits per heavy atom. The SMILES string of the molecule is CCC(CC)N(C)c1ccc(C(F)(F)F)cc1C(=N)N. The Morgan fingerprint density at radius 1 is 1.30 bits per heavy atom. The Bertz CT molecular complexity index is 479. The van der Waals surface area contributed by atoms with Crippen molar-refractivity contribution in [1.29, 1.82) is 5.41 Å². The second-order valence-corrected chi connectivity index (χ2v) is 4.72. The van der Waals surface area contributed by atoms with Crippen molar-refractivity contribution < 1.29 is 13.2 Å². The summed E-state index contributed by atoms with van der Waals surface area (Å²) in [5, 5.41) is 7.51. The van der Waals surface area contributed by atoms with Crippen LogP contribution in [0, 0.1) is 5.41 Å². The lowest BCUT2D eigenvalue weighted by Gasteiger charge is -2.30. The van der Waals surface area contributed by atoms with Gasteiger partial charge in [0.1, 0.15) is 5.84 Å². The van der Waals surface area contributed by atoms with Crippen LogP contribution in [0.1, 0.15) is 37.8 Å². The number of nitrogen functional groups attached to an aromatic ring is 1. The minimum atomic E-state index is -4.43. The first-order valence-corrected chi connectivity index (χ1v) is 6.50. The van der Waals surface area contributed by atoms with Crippen LogP contribution in [0.4, 0.5) is 18.9 Å². The molecule has 3 N–H and O–H groups in total. The highest BCUT2D eigenvalue weighted by Crippen LogP contribution is 2.33. The number of amidine groups is 1. The summed E-state index contributed by atoms with van der Waals surface area (Å²) >= 11 is 0. The van der Waals surface area contributed by atoms with Crippen molar-refractivity contribution in [2.24, 2.45) is 5.73 Å². The lowest BCUT2D eigenvalue weighted by Crippen LogP contribution is -2.32. The molecule has 1 aromatic carbocycles. The molecule has 1 rings (SSSR count). The van der Waals surface area contributed by atoms with Crippen LogP contribution in [0.15, 0.2) is 18.2 Å². The minimum absolute atomic E-state index is 0.120. The van der Waals surface area contributed by atoms with Gasteiger partial charge in [-0.25, -0.2) is 0 Å². The number of rotatable bonds is 5. The Labute approximate surface area is 117 Å². The van der Waals surface area contributed by atoms with Crippen molar-refractivity contribution in [3.8, 4) is 0 Å². The maximum absolute atomic E-state index is 12.7. The van der Waals surface area contributed by atoms with Gasteiger partial charge in [-0.2, -0.15) is 13.2 Å². The number of alkyl halides is 3. The van der Waals surface area contributed by atoms with Crippen LogP contribution in [0.25, 0.3) is 0 Å². The number of hydrogen-bond donors (Lipinski definition) is 2. The van der Waals surface area contributed by atoms with Crippen LogP contribution in [-0.2, 0) is 6.18 Å². The van der Waals surface area contributed by atoms with Gasteiger partial charge in [0.2, 0.25) is 0 Å². The number of nitrogens with one attached hydrogen (secondary N) is 1. The normalized spacial score (nSPS) is 11.8. The molecular formula is C14H20F3N3. The molecule has 6 heteroatoms. The molecule has 0 saturated carbocycles. The van der Waals surface area contributed by atoms with E-state index in [4.69, 9.17) is 11.1 Å². The Kier molecular flexibility index (Phi) is 5.03. The highest BCUT2D eigenvalue weighted by Gasteiger charge is 2.31. The van der Waals surface area contributed by atoms with E-state index in [9.17, 15) is 13.2 Å². The summed E-state index contributed by atoms with van der Waals surface area (Å²) in [4.78, 5) is 1.89. The van der Waals surface area contributed by atoms with Gasteiger partial charge in [0.25, 0.3) is 0 Å². The van der Waals surface area contributed by atoms with Gasteiger partial charge in [0.15, 0.2) is 0 Å². The minimum Gasteiger partial charge on any atom is -0.384 e. The van der Waals surface area contributed by atoms with Crippen LogP contribution in [-0.4, -0.2) is 18.9 Å². The third-order valence-electron chi connectivity index (χ3n) is 3.48. The van der Waals surface area contributed by atoms with Crippen molar-refractivity contribution >= 4 is 11.5 Å². The predicted octanol–water partition coefficient (Wildman–Crippen LogP) is 3.61. The molecule has 0 saturated heterocycles. The molecule has 0 bridgehead atoms. The van der Waals surface area contributed by atoms with Crippen LogP contribution in [0.3, 0.4) is 0 Å². The monoisotopic (exact) mass is 287 g/mol. The zero-order valence-corrected chi connectivity index (χ0v) is 11.9. The summed E-state index contributed by atoms with van der Waals surface area (Å²) in [6.07, 6.45) is -2.70. The van der Waals surface area contributed by atoms with E-state index in [1.165, 1.54) is 6.07 Å². The van der Waals surface area contributed by atoms with Gasteiger partial charge >= 0.3 is 6.18 Å². The van der Waals surface area contributed by atoms with Gasteiger partial charge in [0, 0.05) is 24.3 Å². The molecule has 20 heavy (non-hydrogen) atoms. The standard InChI is InChI=1S/C14H20F3N3/c1-4-10(5-2)20(3)12-7-6-9(14(15,16)17)8-11(12)13(18)19/h6-8,10H,4-5H2,1-3H3,(H3,18,19). The smallest absolute Gasteiger partial charge is 0.384 e. The summed E-state index contributed by atoms with van der Waals surface area (Å²) in [5.41, 5.74) is 5.32. The molecule has 0 heterocycles. The van der Waals surface area contributed by atoms with E-state index < -0.39 is 11.7 Å². The molecule has 0 amide bonds. The van der Waals surface area contributed by atoms with Gasteiger partial charge in [-0.15, -0.1) is 0 Å². The number of anilines is 1. The van der Waals surface area contributed by atoms with Crippen molar-refractivity contribution in [1.82, 2.24) is 0 Å². The summed E-state index contributed by atoms with van der Waals surface area (Å²) < 4.78 is 38.2. The first kappa shape index (κ1) is 16.3. The second-order valence-electron chi connectivity index (χ2n) is 4.72. The van der Waals surface area contributed by atoms with Gasteiger partial charge in [0.05, 0.1) is 5.56 Å². The molecule has 112 valence electrons. The third kappa shape index (κ3) is 3.43. The number of halogens is 3. The lowest BCUT2D eigenvalue weighted by atomic mass is 10.0. The van der Waals surface area contributed by atoms with E-state index in [1.807, 2.05) is 25.8 Å². The van der Waals surface area contributed by atoms with E-state index in [2.05, 4.69) is 0 Å². The number of hydrogen-bond acceptors (Lipinski definition) is 2. The Balaban J connectivity index is 3.30. The van der Waals surface area contributed by atoms with Crippen molar-refractivity contribution in [2.75, 3.05) is 11.9 Å². The second kappa shape index (κ2) is 6.15. The first-order chi connectivity index (χ1) is 9.22. The summed E-state index contributed by atoms with van der Waals surface area (Å²) in [6, 6.07) is 3.56. The average Bonchev–Trinajstić information content (AvgIpc) is 2.38. The molecule has 0 spiro atoms. The Morgan fingerprint density at radius 3 is 2.25 bits per heavy atom. The molecule has 0 radical (unpaired) electrons. The van der Waals surface area contributed by atoms with Crippen LogP contribution in [0.5, 0.6) is 0 Å². The topological polar surface area (TPSA) is 53.1 Å². The first-order valence-electron chi connectivity index (χ1n) is 6.50. The molecule has 1 aromatic rings. The molecular weight excluding hydrogens is 267 g/mol. The zero-order valence-electron chi connectivity index (χ0n) is 11.9. The summed E-state index contributed by atoms with van der Waals surface area (Å²) in [6.45, 7) is 4.03. The fourth-order valence-electron chi connectivity index (χ4n) is 2.27. The van der Waals surface area contributed by atoms with Gasteiger partial charge in [-0.05, 0) is 31.0 Å².